The number of ether oxygens (including phenoxy) is 3. The third kappa shape index (κ3) is 3.64. The maximum atomic E-state index is 13.3. The topological polar surface area (TPSA) is 90.9 Å². The lowest BCUT2D eigenvalue weighted by atomic mass is 9.89. The average Bonchev–Trinajstić information content (AvgIpc) is 3.22. The standard InChI is InChI=1S/C22H21NO6S2/c1-27-13-7-9-14(10-8-13)31(25,26)18-12-30-22-16(11-19(24)23-20(18)22)15-5-4-6-17(28-2)21(15)29-3/h4-10,12,16H,11H2,1-3H3,(H,23,24)/t16-/m0/s1. The number of anilines is 1. The highest BCUT2D eigenvalue weighted by Crippen LogP contribution is 2.49. The van der Waals surface area contributed by atoms with Gasteiger partial charge in [0, 0.05) is 28.2 Å². The molecule has 1 aliphatic rings. The van der Waals surface area contributed by atoms with E-state index in [2.05, 4.69) is 5.32 Å². The Morgan fingerprint density at radius 3 is 2.39 bits per heavy atom. The number of carbonyl (C=O) groups is 1. The molecule has 0 spiro atoms. The Balaban J connectivity index is 1.83. The van der Waals surface area contributed by atoms with Crippen LogP contribution in [0.1, 0.15) is 22.8 Å². The molecule has 1 aromatic heterocycles. The Kier molecular flexibility index (Phi) is 5.63. The van der Waals surface area contributed by atoms with Gasteiger partial charge in [-0.25, -0.2) is 8.42 Å². The van der Waals surface area contributed by atoms with E-state index < -0.39 is 9.84 Å². The van der Waals surface area contributed by atoms with Crippen LogP contribution in [0.5, 0.6) is 17.2 Å². The molecule has 0 aliphatic carbocycles. The number of methoxy groups -OCH3 is 3. The summed E-state index contributed by atoms with van der Waals surface area (Å²) in [4.78, 5) is 13.5. The third-order valence-corrected chi connectivity index (χ3v) is 8.26. The number of para-hydroxylation sites is 1. The number of rotatable bonds is 6. The first-order chi connectivity index (χ1) is 14.9. The van der Waals surface area contributed by atoms with Gasteiger partial charge in [0.2, 0.25) is 15.7 Å². The highest BCUT2D eigenvalue weighted by molar-refractivity contribution is 7.91. The minimum Gasteiger partial charge on any atom is -0.497 e. The number of amides is 1. The maximum absolute atomic E-state index is 13.3. The Morgan fingerprint density at radius 1 is 1.00 bits per heavy atom. The summed E-state index contributed by atoms with van der Waals surface area (Å²) in [6, 6.07) is 11.6. The van der Waals surface area contributed by atoms with Crippen LogP contribution in [0.25, 0.3) is 0 Å². The van der Waals surface area contributed by atoms with E-state index in [1.165, 1.54) is 30.6 Å². The highest BCUT2D eigenvalue weighted by atomic mass is 32.2. The van der Waals surface area contributed by atoms with Gasteiger partial charge in [0.1, 0.15) is 10.6 Å². The summed E-state index contributed by atoms with van der Waals surface area (Å²) in [7, 11) is 0.767. The number of carbonyl (C=O) groups excluding carboxylic acids is 1. The van der Waals surface area contributed by atoms with Crippen molar-refractivity contribution in [1.82, 2.24) is 0 Å². The molecule has 0 saturated heterocycles. The van der Waals surface area contributed by atoms with Crippen LogP contribution < -0.4 is 19.5 Å². The minimum absolute atomic E-state index is 0.0811. The zero-order valence-electron chi connectivity index (χ0n) is 17.2. The average molecular weight is 460 g/mol. The molecule has 4 rings (SSSR count). The molecule has 0 fully saturated rings. The van der Waals surface area contributed by atoms with E-state index in [1.807, 2.05) is 12.1 Å². The van der Waals surface area contributed by atoms with Crippen LogP contribution in [-0.4, -0.2) is 35.7 Å². The number of nitrogens with one attached hydrogen (secondary N) is 1. The van der Waals surface area contributed by atoms with Gasteiger partial charge in [-0.05, 0) is 30.3 Å². The molecule has 0 radical (unpaired) electrons. The summed E-state index contributed by atoms with van der Waals surface area (Å²) in [5, 5.41) is 4.35. The number of thiophene rings is 1. The predicted molar refractivity (Wildman–Crippen MR) is 117 cm³/mol. The Labute approximate surface area is 184 Å². The van der Waals surface area contributed by atoms with Crippen LogP contribution in [0.4, 0.5) is 5.69 Å². The Morgan fingerprint density at radius 2 is 1.74 bits per heavy atom. The van der Waals surface area contributed by atoms with Crippen molar-refractivity contribution in [1.29, 1.82) is 0 Å². The molecular weight excluding hydrogens is 438 g/mol. The van der Waals surface area contributed by atoms with Crippen molar-refractivity contribution >= 4 is 32.8 Å². The van der Waals surface area contributed by atoms with Crippen LogP contribution in [0, 0.1) is 0 Å². The molecule has 162 valence electrons. The van der Waals surface area contributed by atoms with Crippen molar-refractivity contribution in [2.75, 3.05) is 26.6 Å². The molecule has 2 aromatic carbocycles. The number of fused-ring (bicyclic) bond motifs is 1. The lowest BCUT2D eigenvalue weighted by Gasteiger charge is -2.25. The number of benzene rings is 2. The summed E-state index contributed by atoms with van der Waals surface area (Å²) >= 11 is 1.30. The summed E-state index contributed by atoms with van der Waals surface area (Å²) in [5.74, 6) is 1.04. The first-order valence-electron chi connectivity index (χ1n) is 9.42. The van der Waals surface area contributed by atoms with Gasteiger partial charge in [-0.15, -0.1) is 11.3 Å². The van der Waals surface area contributed by atoms with E-state index in [1.54, 1.807) is 37.8 Å². The van der Waals surface area contributed by atoms with Crippen molar-refractivity contribution < 1.29 is 27.4 Å². The molecular formula is C22H21NO6S2. The zero-order chi connectivity index (χ0) is 22.2. The van der Waals surface area contributed by atoms with Gasteiger partial charge in [-0.3, -0.25) is 4.79 Å². The molecule has 7 nitrogen and oxygen atoms in total. The molecule has 2 heterocycles. The van der Waals surface area contributed by atoms with E-state index in [0.717, 1.165) is 10.4 Å². The van der Waals surface area contributed by atoms with Crippen molar-refractivity contribution in [3.8, 4) is 17.2 Å². The van der Waals surface area contributed by atoms with Crippen molar-refractivity contribution in [3.05, 3.63) is 58.3 Å². The molecule has 1 amide bonds. The van der Waals surface area contributed by atoms with E-state index in [0.29, 0.717) is 22.9 Å². The Hall–Kier alpha value is -3.04. The largest absolute Gasteiger partial charge is 0.497 e. The maximum Gasteiger partial charge on any atom is 0.225 e. The van der Waals surface area contributed by atoms with E-state index in [9.17, 15) is 13.2 Å². The van der Waals surface area contributed by atoms with Gasteiger partial charge < -0.3 is 19.5 Å². The molecule has 9 heteroatoms. The minimum atomic E-state index is -3.84. The quantitative estimate of drug-likeness (QED) is 0.597. The lowest BCUT2D eigenvalue weighted by Crippen LogP contribution is -2.23. The van der Waals surface area contributed by atoms with Crippen molar-refractivity contribution in [3.63, 3.8) is 0 Å². The van der Waals surface area contributed by atoms with Gasteiger partial charge >= 0.3 is 0 Å². The summed E-state index contributed by atoms with van der Waals surface area (Å²) in [6.07, 6.45) is 0.180. The summed E-state index contributed by atoms with van der Waals surface area (Å²) in [6.45, 7) is 0. The van der Waals surface area contributed by atoms with Gasteiger partial charge in [0.05, 0.1) is 31.9 Å². The molecule has 1 atom stereocenters. The first-order valence-corrected chi connectivity index (χ1v) is 11.8. The summed E-state index contributed by atoms with van der Waals surface area (Å²) in [5.41, 5.74) is 1.10. The SMILES string of the molecule is COc1ccc(S(=O)(=O)c2csc3c2NC(=O)C[C@H]3c2cccc(OC)c2OC)cc1. The van der Waals surface area contributed by atoms with Crippen LogP contribution >= 0.6 is 11.3 Å². The van der Waals surface area contributed by atoms with Crippen molar-refractivity contribution in [2.24, 2.45) is 0 Å². The summed E-state index contributed by atoms with van der Waals surface area (Å²) < 4.78 is 42.7. The second-order valence-corrected chi connectivity index (χ2v) is 9.74. The van der Waals surface area contributed by atoms with Crippen LogP contribution in [-0.2, 0) is 14.6 Å². The number of hydrogen-bond donors (Lipinski definition) is 1. The van der Waals surface area contributed by atoms with Gasteiger partial charge in [-0.1, -0.05) is 12.1 Å². The van der Waals surface area contributed by atoms with Gasteiger partial charge in [0.15, 0.2) is 11.5 Å². The molecule has 1 N–H and O–H groups in total. The van der Waals surface area contributed by atoms with E-state index >= 15 is 0 Å². The van der Waals surface area contributed by atoms with Crippen molar-refractivity contribution in [2.45, 2.75) is 22.1 Å². The van der Waals surface area contributed by atoms with Crippen LogP contribution in [0.2, 0.25) is 0 Å². The smallest absolute Gasteiger partial charge is 0.225 e. The zero-order valence-corrected chi connectivity index (χ0v) is 18.8. The molecule has 1 aliphatic heterocycles. The second-order valence-electron chi connectivity index (χ2n) is 6.91. The molecule has 0 bridgehead atoms. The van der Waals surface area contributed by atoms with Crippen LogP contribution in [0.3, 0.4) is 0 Å². The van der Waals surface area contributed by atoms with Gasteiger partial charge in [0.25, 0.3) is 0 Å². The predicted octanol–water partition coefficient (Wildman–Crippen LogP) is 4.08. The highest BCUT2D eigenvalue weighted by Gasteiger charge is 2.36. The van der Waals surface area contributed by atoms with E-state index in [-0.39, 0.29) is 28.0 Å². The molecule has 0 saturated carbocycles. The van der Waals surface area contributed by atoms with Crippen LogP contribution in [0.15, 0.2) is 57.6 Å². The fourth-order valence-electron chi connectivity index (χ4n) is 3.72. The van der Waals surface area contributed by atoms with Gasteiger partial charge in [-0.2, -0.15) is 0 Å². The lowest BCUT2D eigenvalue weighted by molar-refractivity contribution is -0.116. The number of hydrogen-bond acceptors (Lipinski definition) is 7. The molecule has 3 aromatic rings. The fourth-order valence-corrected chi connectivity index (χ4v) is 6.62. The third-order valence-electron chi connectivity index (χ3n) is 5.22. The Bertz CT molecular complexity index is 1230. The van der Waals surface area contributed by atoms with E-state index in [4.69, 9.17) is 14.2 Å². The fraction of sp³-hybridized carbons (Fsp3) is 0.227. The normalized spacial score (nSPS) is 15.7. The second kappa shape index (κ2) is 8.24. The first kappa shape index (κ1) is 21.2. The monoisotopic (exact) mass is 459 g/mol. The molecule has 0 unspecified atom stereocenters. The number of sulfone groups is 1. The molecule has 31 heavy (non-hydrogen) atoms.